The molecule has 0 aliphatic carbocycles. The molecule has 2 saturated heterocycles. The summed E-state index contributed by atoms with van der Waals surface area (Å²) >= 11 is 0. The number of hydrogen-bond donors (Lipinski definition) is 3. The highest BCUT2D eigenvalue weighted by atomic mass is 16.5. The number of piperidine rings is 1. The quantitative estimate of drug-likeness (QED) is 0.638. The SMILES string of the molecule is Cc1ccc(-c2nc(N3CCC(N)CC3)ncc2/C(C=N)=C/NC2CCOC2)cc1. The fourth-order valence-electron chi connectivity index (χ4n) is 3.84. The maximum absolute atomic E-state index is 7.99. The van der Waals surface area contributed by atoms with Crippen molar-refractivity contribution in [3.8, 4) is 11.3 Å². The van der Waals surface area contributed by atoms with Gasteiger partial charge in [-0.25, -0.2) is 9.97 Å². The van der Waals surface area contributed by atoms with E-state index in [1.807, 2.05) is 12.4 Å². The summed E-state index contributed by atoms with van der Waals surface area (Å²) in [6.07, 6.45) is 7.96. The Morgan fingerprint density at radius 2 is 2.00 bits per heavy atom. The average Bonchev–Trinajstić information content (AvgIpc) is 3.29. The molecule has 4 N–H and O–H groups in total. The van der Waals surface area contributed by atoms with Crippen LogP contribution >= 0.6 is 0 Å². The Labute approximate surface area is 177 Å². The smallest absolute Gasteiger partial charge is 0.225 e. The number of ether oxygens (including phenoxy) is 1. The molecule has 0 amide bonds. The molecular formula is C23H30N6O. The summed E-state index contributed by atoms with van der Waals surface area (Å²) in [7, 11) is 0. The number of anilines is 1. The van der Waals surface area contributed by atoms with Crippen LogP contribution in [0.25, 0.3) is 16.8 Å². The number of nitrogens with one attached hydrogen (secondary N) is 2. The van der Waals surface area contributed by atoms with Gasteiger partial charge in [0.1, 0.15) is 0 Å². The van der Waals surface area contributed by atoms with Crippen molar-refractivity contribution in [3.63, 3.8) is 0 Å². The summed E-state index contributed by atoms with van der Waals surface area (Å²) in [5.74, 6) is 0.725. The van der Waals surface area contributed by atoms with Crippen LogP contribution in [-0.4, -0.2) is 54.6 Å². The third-order valence-corrected chi connectivity index (χ3v) is 5.79. The molecule has 30 heavy (non-hydrogen) atoms. The summed E-state index contributed by atoms with van der Waals surface area (Å²) < 4.78 is 5.44. The van der Waals surface area contributed by atoms with Gasteiger partial charge in [-0.1, -0.05) is 29.8 Å². The van der Waals surface area contributed by atoms with Crippen molar-refractivity contribution < 1.29 is 4.74 Å². The molecule has 7 heteroatoms. The van der Waals surface area contributed by atoms with E-state index < -0.39 is 0 Å². The van der Waals surface area contributed by atoms with Gasteiger partial charge in [0.05, 0.1) is 18.3 Å². The first-order valence-corrected chi connectivity index (χ1v) is 10.6. The lowest BCUT2D eigenvalue weighted by Gasteiger charge is -2.30. The normalized spacial score (nSPS) is 20.4. The Morgan fingerprint density at radius 3 is 2.67 bits per heavy atom. The maximum Gasteiger partial charge on any atom is 0.225 e. The largest absolute Gasteiger partial charge is 0.385 e. The van der Waals surface area contributed by atoms with Crippen molar-refractivity contribution in [2.24, 2.45) is 5.73 Å². The second-order valence-electron chi connectivity index (χ2n) is 8.09. The van der Waals surface area contributed by atoms with Crippen molar-refractivity contribution in [3.05, 3.63) is 47.8 Å². The number of aryl methyl sites for hydroxylation is 1. The summed E-state index contributed by atoms with van der Waals surface area (Å²) in [5, 5.41) is 11.4. The van der Waals surface area contributed by atoms with E-state index in [4.69, 9.17) is 20.9 Å². The van der Waals surface area contributed by atoms with E-state index in [1.165, 1.54) is 11.8 Å². The van der Waals surface area contributed by atoms with Gasteiger partial charge < -0.3 is 26.1 Å². The molecule has 2 fully saturated rings. The van der Waals surface area contributed by atoms with Gasteiger partial charge in [-0.05, 0) is 26.2 Å². The molecule has 1 unspecified atom stereocenters. The highest BCUT2D eigenvalue weighted by Crippen LogP contribution is 2.29. The Morgan fingerprint density at radius 1 is 1.23 bits per heavy atom. The van der Waals surface area contributed by atoms with Gasteiger partial charge in [-0.2, -0.15) is 0 Å². The minimum Gasteiger partial charge on any atom is -0.385 e. The van der Waals surface area contributed by atoms with Crippen LogP contribution in [-0.2, 0) is 4.74 Å². The number of rotatable bonds is 6. The van der Waals surface area contributed by atoms with Crippen LogP contribution < -0.4 is 16.0 Å². The predicted molar refractivity (Wildman–Crippen MR) is 121 cm³/mol. The second kappa shape index (κ2) is 9.36. The lowest BCUT2D eigenvalue weighted by atomic mass is 10.0. The van der Waals surface area contributed by atoms with E-state index in [9.17, 15) is 0 Å². The summed E-state index contributed by atoms with van der Waals surface area (Å²) in [4.78, 5) is 11.8. The minimum absolute atomic E-state index is 0.259. The third-order valence-electron chi connectivity index (χ3n) is 5.79. The Balaban J connectivity index is 1.69. The predicted octanol–water partition coefficient (Wildman–Crippen LogP) is 2.75. The zero-order chi connectivity index (χ0) is 20.9. The van der Waals surface area contributed by atoms with Crippen LogP contribution in [0.1, 0.15) is 30.4 Å². The van der Waals surface area contributed by atoms with E-state index in [2.05, 4.69) is 46.4 Å². The van der Waals surface area contributed by atoms with Gasteiger partial charge >= 0.3 is 0 Å². The van der Waals surface area contributed by atoms with Crippen molar-refractivity contribution in [2.45, 2.75) is 38.3 Å². The van der Waals surface area contributed by atoms with Gasteiger partial charge in [0.2, 0.25) is 5.95 Å². The average molecular weight is 407 g/mol. The lowest BCUT2D eigenvalue weighted by molar-refractivity contribution is 0.192. The Bertz CT molecular complexity index is 896. The molecule has 0 bridgehead atoms. The van der Waals surface area contributed by atoms with Crippen molar-refractivity contribution in [2.75, 3.05) is 31.2 Å². The van der Waals surface area contributed by atoms with Crippen molar-refractivity contribution in [1.29, 1.82) is 5.41 Å². The maximum atomic E-state index is 7.99. The molecular weight excluding hydrogens is 376 g/mol. The van der Waals surface area contributed by atoms with E-state index >= 15 is 0 Å². The van der Waals surface area contributed by atoms with Gasteiger partial charge in [0.15, 0.2) is 0 Å². The molecule has 1 atom stereocenters. The molecule has 3 heterocycles. The van der Waals surface area contributed by atoms with Gasteiger partial charge in [0.25, 0.3) is 0 Å². The molecule has 2 aliphatic heterocycles. The van der Waals surface area contributed by atoms with Crippen LogP contribution in [0.2, 0.25) is 0 Å². The van der Waals surface area contributed by atoms with Gasteiger partial charge in [-0.15, -0.1) is 0 Å². The van der Waals surface area contributed by atoms with Crippen molar-refractivity contribution in [1.82, 2.24) is 15.3 Å². The molecule has 1 aromatic carbocycles. The molecule has 2 aromatic rings. The van der Waals surface area contributed by atoms with Gasteiger partial charge in [0, 0.05) is 61.0 Å². The molecule has 0 radical (unpaired) electrons. The zero-order valence-electron chi connectivity index (χ0n) is 17.5. The number of allylic oxidation sites excluding steroid dienone is 1. The topological polar surface area (TPSA) is 100 Å². The zero-order valence-corrected chi connectivity index (χ0v) is 17.5. The minimum atomic E-state index is 0.259. The standard InChI is InChI=1S/C23H30N6O/c1-16-2-4-17(5-3-16)22-21(18(12-24)13-26-20-8-11-30-15-20)14-27-23(28-22)29-9-6-19(25)7-10-29/h2-5,12-14,19-20,24,26H,6-11,15,25H2,1H3/b18-13+,24-12?. The lowest BCUT2D eigenvalue weighted by Crippen LogP contribution is -2.40. The highest BCUT2D eigenvalue weighted by Gasteiger charge is 2.21. The van der Waals surface area contributed by atoms with E-state index in [0.29, 0.717) is 6.61 Å². The highest BCUT2D eigenvalue weighted by molar-refractivity contribution is 6.10. The fourth-order valence-corrected chi connectivity index (χ4v) is 3.84. The van der Waals surface area contributed by atoms with Crippen LogP contribution in [0.15, 0.2) is 36.7 Å². The van der Waals surface area contributed by atoms with Crippen LogP contribution in [0.4, 0.5) is 5.95 Å². The van der Waals surface area contributed by atoms with E-state index in [1.54, 1.807) is 0 Å². The summed E-state index contributed by atoms with van der Waals surface area (Å²) in [6, 6.07) is 8.87. The first-order chi connectivity index (χ1) is 14.6. The second-order valence-corrected chi connectivity index (χ2v) is 8.09. The fraction of sp³-hybridized carbons (Fsp3) is 0.435. The third kappa shape index (κ3) is 4.68. The number of nitrogens with zero attached hydrogens (tertiary/aromatic N) is 3. The first kappa shape index (κ1) is 20.5. The van der Waals surface area contributed by atoms with Crippen molar-refractivity contribution >= 4 is 17.7 Å². The van der Waals surface area contributed by atoms with E-state index in [-0.39, 0.29) is 12.1 Å². The van der Waals surface area contributed by atoms with Gasteiger partial charge in [-0.3, -0.25) is 0 Å². The summed E-state index contributed by atoms with van der Waals surface area (Å²) in [6.45, 7) is 5.27. The Hall–Kier alpha value is -2.77. The Kier molecular flexibility index (Phi) is 6.40. The molecule has 158 valence electrons. The molecule has 1 aromatic heterocycles. The van der Waals surface area contributed by atoms with E-state index in [0.717, 1.165) is 67.3 Å². The molecule has 4 rings (SSSR count). The summed E-state index contributed by atoms with van der Waals surface area (Å²) in [5.41, 5.74) is 10.7. The number of hydrogen-bond acceptors (Lipinski definition) is 7. The molecule has 0 saturated carbocycles. The molecule has 7 nitrogen and oxygen atoms in total. The monoisotopic (exact) mass is 406 g/mol. The first-order valence-electron chi connectivity index (χ1n) is 10.6. The molecule has 2 aliphatic rings. The van der Waals surface area contributed by atoms with Crippen LogP contribution in [0.5, 0.6) is 0 Å². The van der Waals surface area contributed by atoms with Crippen LogP contribution in [0.3, 0.4) is 0 Å². The van der Waals surface area contributed by atoms with Crippen LogP contribution in [0, 0.1) is 12.3 Å². The number of nitrogens with two attached hydrogens (primary N) is 1. The number of aromatic nitrogens is 2. The number of benzene rings is 1. The molecule has 0 spiro atoms.